The van der Waals surface area contributed by atoms with Crippen LogP contribution in [0.2, 0.25) is 0 Å². The summed E-state index contributed by atoms with van der Waals surface area (Å²) in [7, 11) is -3.01. The van der Waals surface area contributed by atoms with Gasteiger partial charge in [-0.05, 0) is 20.8 Å². The summed E-state index contributed by atoms with van der Waals surface area (Å²) >= 11 is 0. The van der Waals surface area contributed by atoms with Gasteiger partial charge in [0.1, 0.15) is 0 Å². The van der Waals surface area contributed by atoms with Gasteiger partial charge in [-0.1, -0.05) is 0 Å². The molecule has 0 saturated carbocycles. The second kappa shape index (κ2) is 3.94. The lowest BCUT2D eigenvalue weighted by Crippen LogP contribution is -2.56. The molecule has 0 radical (unpaired) electrons. The van der Waals surface area contributed by atoms with Gasteiger partial charge in [0.25, 0.3) is 0 Å². The molecule has 0 aromatic carbocycles. The Morgan fingerprint density at radius 1 is 1.46 bits per heavy atom. The number of nitrogens with zero attached hydrogens (tertiary/aromatic N) is 1. The summed E-state index contributed by atoms with van der Waals surface area (Å²) < 4.78 is 24.8. The van der Waals surface area contributed by atoms with Crippen molar-refractivity contribution in [3.05, 3.63) is 0 Å². The van der Waals surface area contributed by atoms with Crippen LogP contribution in [-0.4, -0.2) is 43.6 Å². The van der Waals surface area contributed by atoms with Gasteiger partial charge in [0.15, 0.2) is 0 Å². The third-order valence-corrected chi connectivity index (χ3v) is 4.38. The van der Waals surface area contributed by atoms with E-state index in [1.165, 1.54) is 0 Å². The minimum Gasteiger partial charge on any atom is -0.311 e. The maximum atomic E-state index is 11.6. The van der Waals surface area contributed by atoms with Crippen molar-refractivity contribution < 1.29 is 8.42 Å². The predicted molar refractivity (Wildman–Crippen MR) is 53.1 cm³/mol. The normalized spacial score (nSPS) is 31.9. The molecule has 0 amide bonds. The van der Waals surface area contributed by atoms with Crippen molar-refractivity contribution in [3.63, 3.8) is 0 Å². The molecule has 0 bridgehead atoms. The van der Waals surface area contributed by atoms with Gasteiger partial charge in [0.2, 0.25) is 10.0 Å². The summed E-state index contributed by atoms with van der Waals surface area (Å²) in [4.78, 5) is 0. The topological polar surface area (TPSA) is 49.4 Å². The van der Waals surface area contributed by atoms with Crippen LogP contribution in [0.1, 0.15) is 20.8 Å². The van der Waals surface area contributed by atoms with Gasteiger partial charge in [-0.15, -0.1) is 0 Å². The molecule has 2 unspecified atom stereocenters. The number of sulfonamides is 1. The Morgan fingerprint density at radius 2 is 2.08 bits per heavy atom. The van der Waals surface area contributed by atoms with Crippen LogP contribution < -0.4 is 5.32 Å². The van der Waals surface area contributed by atoms with Crippen LogP contribution in [0.4, 0.5) is 0 Å². The fourth-order valence-electron chi connectivity index (χ4n) is 1.54. The van der Waals surface area contributed by atoms with E-state index in [-0.39, 0.29) is 17.8 Å². The number of rotatable bonds is 2. The maximum absolute atomic E-state index is 11.6. The fraction of sp³-hybridized carbons (Fsp3) is 1.00. The molecule has 1 heterocycles. The maximum Gasteiger partial charge on any atom is 0.214 e. The number of hydrogen-bond acceptors (Lipinski definition) is 3. The molecule has 5 heteroatoms. The monoisotopic (exact) mass is 206 g/mol. The molecular formula is C8H18N2O2S. The van der Waals surface area contributed by atoms with Crippen LogP contribution in [-0.2, 0) is 10.0 Å². The first-order chi connectivity index (χ1) is 5.97. The van der Waals surface area contributed by atoms with Crippen LogP contribution in [0.25, 0.3) is 0 Å². The molecule has 0 spiro atoms. The summed E-state index contributed by atoms with van der Waals surface area (Å²) in [5.74, 6) is 0.198. The van der Waals surface area contributed by atoms with E-state index in [0.717, 1.165) is 6.54 Å². The molecular weight excluding hydrogens is 188 g/mol. The average Bonchev–Trinajstić information content (AvgIpc) is 2.09. The standard InChI is InChI=1S/C8H18N2O2S/c1-4-13(11,12)10-6-7(2)9-5-8(10)3/h7-9H,4-6H2,1-3H3. The molecule has 0 aromatic heterocycles. The van der Waals surface area contributed by atoms with E-state index in [4.69, 9.17) is 0 Å². The van der Waals surface area contributed by atoms with Gasteiger partial charge in [-0.25, -0.2) is 8.42 Å². The van der Waals surface area contributed by atoms with Crippen molar-refractivity contribution in [1.82, 2.24) is 9.62 Å². The van der Waals surface area contributed by atoms with Gasteiger partial charge < -0.3 is 5.32 Å². The highest BCUT2D eigenvalue weighted by atomic mass is 32.2. The van der Waals surface area contributed by atoms with E-state index < -0.39 is 10.0 Å². The SMILES string of the molecule is CCS(=O)(=O)N1CC(C)NCC1C. The van der Waals surface area contributed by atoms with Crippen molar-refractivity contribution in [2.24, 2.45) is 0 Å². The zero-order valence-electron chi connectivity index (χ0n) is 8.45. The predicted octanol–water partition coefficient (Wildman–Crippen LogP) is 0.0183. The number of nitrogens with one attached hydrogen (secondary N) is 1. The zero-order valence-corrected chi connectivity index (χ0v) is 9.26. The van der Waals surface area contributed by atoms with E-state index >= 15 is 0 Å². The van der Waals surface area contributed by atoms with Crippen LogP contribution >= 0.6 is 0 Å². The molecule has 4 nitrogen and oxygen atoms in total. The third kappa shape index (κ3) is 2.42. The Hall–Kier alpha value is -0.130. The summed E-state index contributed by atoms with van der Waals surface area (Å²) in [6.45, 7) is 6.97. The van der Waals surface area contributed by atoms with Crippen molar-refractivity contribution >= 4 is 10.0 Å². The van der Waals surface area contributed by atoms with E-state index in [0.29, 0.717) is 6.54 Å². The minimum absolute atomic E-state index is 0.0844. The molecule has 0 aliphatic carbocycles. The number of hydrogen-bond donors (Lipinski definition) is 1. The van der Waals surface area contributed by atoms with E-state index in [1.807, 2.05) is 13.8 Å². The van der Waals surface area contributed by atoms with Crippen LogP contribution in [0.3, 0.4) is 0 Å². The summed E-state index contributed by atoms with van der Waals surface area (Å²) in [6, 6.07) is 0.346. The van der Waals surface area contributed by atoms with Crippen molar-refractivity contribution in [3.8, 4) is 0 Å². The van der Waals surface area contributed by atoms with Gasteiger partial charge in [-0.3, -0.25) is 0 Å². The van der Waals surface area contributed by atoms with Crippen LogP contribution in [0, 0.1) is 0 Å². The van der Waals surface area contributed by atoms with E-state index in [1.54, 1.807) is 11.2 Å². The van der Waals surface area contributed by atoms with E-state index in [9.17, 15) is 8.42 Å². The summed E-state index contributed by atoms with van der Waals surface area (Å²) in [5, 5.41) is 3.25. The largest absolute Gasteiger partial charge is 0.311 e. The summed E-state index contributed by atoms with van der Waals surface area (Å²) in [5.41, 5.74) is 0. The molecule has 1 saturated heterocycles. The van der Waals surface area contributed by atoms with Gasteiger partial charge in [0, 0.05) is 25.2 Å². The second-order valence-electron chi connectivity index (χ2n) is 3.63. The van der Waals surface area contributed by atoms with Crippen molar-refractivity contribution in [2.45, 2.75) is 32.9 Å². The Balaban J connectivity index is 2.77. The molecule has 78 valence electrons. The highest BCUT2D eigenvalue weighted by molar-refractivity contribution is 7.89. The summed E-state index contributed by atoms with van der Waals surface area (Å²) in [6.07, 6.45) is 0. The molecule has 1 aliphatic rings. The molecule has 1 aliphatic heterocycles. The first kappa shape index (κ1) is 10.9. The quantitative estimate of drug-likeness (QED) is 0.693. The van der Waals surface area contributed by atoms with Crippen LogP contribution in [0.15, 0.2) is 0 Å². The third-order valence-electron chi connectivity index (χ3n) is 2.43. The highest BCUT2D eigenvalue weighted by Crippen LogP contribution is 2.12. The lowest BCUT2D eigenvalue weighted by atomic mass is 10.2. The Morgan fingerprint density at radius 3 is 2.62 bits per heavy atom. The lowest BCUT2D eigenvalue weighted by Gasteiger charge is -2.36. The molecule has 1 rings (SSSR count). The Labute approximate surface area is 80.4 Å². The van der Waals surface area contributed by atoms with Crippen LogP contribution in [0.5, 0.6) is 0 Å². The van der Waals surface area contributed by atoms with Gasteiger partial charge >= 0.3 is 0 Å². The van der Waals surface area contributed by atoms with E-state index in [2.05, 4.69) is 5.32 Å². The zero-order chi connectivity index (χ0) is 10.1. The van der Waals surface area contributed by atoms with Gasteiger partial charge in [0.05, 0.1) is 5.75 Å². The molecule has 1 N–H and O–H groups in total. The first-order valence-electron chi connectivity index (χ1n) is 4.70. The smallest absolute Gasteiger partial charge is 0.214 e. The molecule has 1 fully saturated rings. The van der Waals surface area contributed by atoms with Crippen molar-refractivity contribution in [2.75, 3.05) is 18.8 Å². The van der Waals surface area contributed by atoms with Crippen molar-refractivity contribution in [1.29, 1.82) is 0 Å². The highest BCUT2D eigenvalue weighted by Gasteiger charge is 2.30. The minimum atomic E-state index is -3.01. The molecule has 0 aromatic rings. The lowest BCUT2D eigenvalue weighted by molar-refractivity contribution is 0.245. The Bertz CT molecular complexity index is 263. The fourth-order valence-corrected chi connectivity index (χ4v) is 2.95. The van der Waals surface area contributed by atoms with Gasteiger partial charge in [-0.2, -0.15) is 4.31 Å². The average molecular weight is 206 g/mol. The molecule has 13 heavy (non-hydrogen) atoms. The first-order valence-corrected chi connectivity index (χ1v) is 6.31. The number of piperazine rings is 1. The molecule has 2 atom stereocenters. The Kier molecular flexibility index (Phi) is 3.32. The second-order valence-corrected chi connectivity index (χ2v) is 5.84.